The molecule has 0 spiro atoms. The lowest BCUT2D eigenvalue weighted by molar-refractivity contribution is -0.119. The van der Waals surface area contributed by atoms with Crippen molar-refractivity contribution in [1.29, 1.82) is 0 Å². The van der Waals surface area contributed by atoms with Gasteiger partial charge < -0.3 is 20.4 Å². The molecule has 0 bridgehead atoms. The Morgan fingerprint density at radius 1 is 1.22 bits per heavy atom. The first-order valence-corrected chi connectivity index (χ1v) is 11.2. The van der Waals surface area contributed by atoms with Crippen LogP contribution in [0.15, 0.2) is 47.6 Å². The van der Waals surface area contributed by atoms with Crippen molar-refractivity contribution >= 4 is 58.9 Å². The standard InChI is InChI=1S/C23H29ClN6O.HI/c1-25-23(28-18-11-14-29(16-18)22-20(24)5-4-12-26-22)27-15-17-7-9-19(10-8-17)30-13-3-2-6-21(30)31;/h4-5,7-10,12,18H,2-3,6,11,13-16H2,1H3,(H2,25,27,28);1H. The van der Waals surface area contributed by atoms with E-state index in [4.69, 9.17) is 11.6 Å². The Balaban J connectivity index is 0.00000289. The van der Waals surface area contributed by atoms with E-state index in [9.17, 15) is 4.79 Å². The molecular formula is C23H30ClIN6O. The van der Waals surface area contributed by atoms with E-state index in [2.05, 4.69) is 37.6 Å². The van der Waals surface area contributed by atoms with Crippen LogP contribution >= 0.6 is 35.6 Å². The number of anilines is 2. The number of carbonyl (C=O) groups excluding carboxylic acids is 1. The number of aromatic nitrogens is 1. The molecule has 2 aliphatic rings. The van der Waals surface area contributed by atoms with Crippen molar-refractivity contribution in [2.24, 2.45) is 4.99 Å². The minimum absolute atomic E-state index is 0. The number of hydrogen-bond acceptors (Lipinski definition) is 4. The summed E-state index contributed by atoms with van der Waals surface area (Å²) in [7, 11) is 1.78. The SMILES string of the molecule is CN=C(NCc1ccc(N2CCCCC2=O)cc1)NC1CCN(c2ncccc2Cl)C1.I. The quantitative estimate of drug-likeness (QED) is 0.326. The van der Waals surface area contributed by atoms with Crippen LogP contribution in [0.1, 0.15) is 31.2 Å². The lowest BCUT2D eigenvalue weighted by Crippen LogP contribution is -2.44. The van der Waals surface area contributed by atoms with Gasteiger partial charge in [0.05, 0.1) is 5.02 Å². The molecule has 3 heterocycles. The van der Waals surface area contributed by atoms with Crippen LogP contribution in [0.3, 0.4) is 0 Å². The largest absolute Gasteiger partial charge is 0.353 e. The number of pyridine rings is 1. The zero-order valence-electron chi connectivity index (χ0n) is 18.3. The van der Waals surface area contributed by atoms with Crippen molar-refractivity contribution in [3.05, 3.63) is 53.2 Å². The van der Waals surface area contributed by atoms with Gasteiger partial charge in [-0.05, 0) is 49.1 Å². The van der Waals surface area contributed by atoms with E-state index in [0.29, 0.717) is 18.0 Å². The molecule has 1 unspecified atom stereocenters. The molecular weight excluding hydrogens is 539 g/mol. The van der Waals surface area contributed by atoms with Gasteiger partial charge in [-0.25, -0.2) is 4.98 Å². The molecule has 2 fully saturated rings. The molecule has 2 aromatic rings. The number of piperidine rings is 1. The fraction of sp³-hybridized carbons (Fsp3) is 0.435. The summed E-state index contributed by atoms with van der Waals surface area (Å²) in [6.45, 7) is 3.21. The molecule has 172 valence electrons. The summed E-state index contributed by atoms with van der Waals surface area (Å²) in [5.74, 6) is 1.83. The molecule has 7 nitrogen and oxygen atoms in total. The second kappa shape index (κ2) is 11.7. The number of amides is 1. The number of benzene rings is 1. The summed E-state index contributed by atoms with van der Waals surface area (Å²) in [6, 6.07) is 12.2. The van der Waals surface area contributed by atoms with Gasteiger partial charge in [-0.1, -0.05) is 23.7 Å². The van der Waals surface area contributed by atoms with E-state index in [0.717, 1.165) is 61.9 Å². The molecule has 0 saturated carbocycles. The second-order valence-corrected chi connectivity index (χ2v) is 8.39. The fourth-order valence-electron chi connectivity index (χ4n) is 4.13. The molecule has 1 atom stereocenters. The highest BCUT2D eigenvalue weighted by molar-refractivity contribution is 14.0. The summed E-state index contributed by atoms with van der Waals surface area (Å²) in [6.07, 6.45) is 5.48. The van der Waals surface area contributed by atoms with E-state index >= 15 is 0 Å². The molecule has 32 heavy (non-hydrogen) atoms. The Morgan fingerprint density at radius 2 is 2.03 bits per heavy atom. The molecule has 0 radical (unpaired) electrons. The molecule has 9 heteroatoms. The summed E-state index contributed by atoms with van der Waals surface area (Å²) in [5, 5.41) is 7.56. The topological polar surface area (TPSA) is 72.9 Å². The number of aliphatic imine (C=N–C) groups is 1. The Kier molecular flexibility index (Phi) is 8.98. The minimum atomic E-state index is 0. The lowest BCUT2D eigenvalue weighted by atomic mass is 10.1. The lowest BCUT2D eigenvalue weighted by Gasteiger charge is -2.27. The maximum atomic E-state index is 12.1. The van der Waals surface area contributed by atoms with Gasteiger partial charge in [0.15, 0.2) is 5.96 Å². The number of nitrogens with zero attached hydrogens (tertiary/aromatic N) is 4. The highest BCUT2D eigenvalue weighted by Crippen LogP contribution is 2.26. The van der Waals surface area contributed by atoms with Gasteiger partial charge in [0.2, 0.25) is 5.91 Å². The van der Waals surface area contributed by atoms with Gasteiger partial charge in [-0.2, -0.15) is 0 Å². The molecule has 1 amide bonds. The third-order valence-electron chi connectivity index (χ3n) is 5.82. The van der Waals surface area contributed by atoms with Crippen LogP contribution in [-0.4, -0.2) is 49.6 Å². The fourth-order valence-corrected chi connectivity index (χ4v) is 4.37. The highest BCUT2D eigenvalue weighted by atomic mass is 127. The number of rotatable bonds is 5. The second-order valence-electron chi connectivity index (χ2n) is 7.98. The van der Waals surface area contributed by atoms with Crippen molar-refractivity contribution in [3.8, 4) is 0 Å². The highest BCUT2D eigenvalue weighted by Gasteiger charge is 2.25. The average molecular weight is 569 g/mol. The predicted octanol–water partition coefficient (Wildman–Crippen LogP) is 3.81. The van der Waals surface area contributed by atoms with E-state index < -0.39 is 0 Å². The zero-order valence-corrected chi connectivity index (χ0v) is 21.3. The first-order valence-electron chi connectivity index (χ1n) is 10.9. The number of nitrogens with one attached hydrogen (secondary N) is 2. The van der Waals surface area contributed by atoms with E-state index in [1.54, 1.807) is 13.2 Å². The molecule has 2 saturated heterocycles. The first-order chi connectivity index (χ1) is 15.1. The van der Waals surface area contributed by atoms with Crippen molar-refractivity contribution in [1.82, 2.24) is 15.6 Å². The summed E-state index contributed by atoms with van der Waals surface area (Å²) in [4.78, 5) is 25.0. The van der Waals surface area contributed by atoms with Crippen molar-refractivity contribution < 1.29 is 4.79 Å². The van der Waals surface area contributed by atoms with E-state index in [-0.39, 0.29) is 35.9 Å². The van der Waals surface area contributed by atoms with Crippen LogP contribution in [0.5, 0.6) is 0 Å². The third-order valence-corrected chi connectivity index (χ3v) is 6.12. The van der Waals surface area contributed by atoms with Crippen LogP contribution in [0.2, 0.25) is 5.02 Å². The van der Waals surface area contributed by atoms with Crippen molar-refractivity contribution in [2.75, 3.05) is 36.5 Å². The average Bonchev–Trinajstić information content (AvgIpc) is 3.26. The van der Waals surface area contributed by atoms with Gasteiger partial charge in [0.25, 0.3) is 0 Å². The van der Waals surface area contributed by atoms with Crippen LogP contribution < -0.4 is 20.4 Å². The van der Waals surface area contributed by atoms with Crippen LogP contribution in [0, 0.1) is 0 Å². The summed E-state index contributed by atoms with van der Waals surface area (Å²) in [5.41, 5.74) is 2.12. The molecule has 2 N–H and O–H groups in total. The van der Waals surface area contributed by atoms with Gasteiger partial charge in [-0.15, -0.1) is 24.0 Å². The molecule has 1 aromatic carbocycles. The van der Waals surface area contributed by atoms with Crippen LogP contribution in [0.25, 0.3) is 0 Å². The Bertz CT molecular complexity index is 938. The van der Waals surface area contributed by atoms with Crippen LogP contribution in [-0.2, 0) is 11.3 Å². The molecule has 4 rings (SSSR count). The van der Waals surface area contributed by atoms with Crippen molar-refractivity contribution in [3.63, 3.8) is 0 Å². The number of halogens is 2. The van der Waals surface area contributed by atoms with E-state index in [1.165, 1.54) is 0 Å². The maximum absolute atomic E-state index is 12.1. The minimum Gasteiger partial charge on any atom is -0.353 e. The first kappa shape index (κ1) is 24.6. The smallest absolute Gasteiger partial charge is 0.226 e. The predicted molar refractivity (Wildman–Crippen MR) is 141 cm³/mol. The Hall–Kier alpha value is -2.07. The normalized spacial score (nSPS) is 19.0. The molecule has 1 aromatic heterocycles. The summed E-state index contributed by atoms with van der Waals surface area (Å²) < 4.78 is 0. The van der Waals surface area contributed by atoms with Gasteiger partial charge in [0.1, 0.15) is 5.82 Å². The van der Waals surface area contributed by atoms with E-state index in [1.807, 2.05) is 29.2 Å². The number of hydrogen-bond donors (Lipinski definition) is 2. The Morgan fingerprint density at radius 3 is 2.75 bits per heavy atom. The summed E-state index contributed by atoms with van der Waals surface area (Å²) >= 11 is 6.29. The van der Waals surface area contributed by atoms with Gasteiger partial charge in [0, 0.05) is 57.6 Å². The monoisotopic (exact) mass is 568 g/mol. The molecule has 0 aliphatic carbocycles. The third kappa shape index (κ3) is 6.04. The number of guanidine groups is 1. The van der Waals surface area contributed by atoms with Crippen LogP contribution in [0.4, 0.5) is 11.5 Å². The van der Waals surface area contributed by atoms with Gasteiger partial charge in [-0.3, -0.25) is 9.79 Å². The maximum Gasteiger partial charge on any atom is 0.226 e. The Labute approximate surface area is 211 Å². The van der Waals surface area contributed by atoms with Gasteiger partial charge >= 0.3 is 0 Å². The zero-order chi connectivity index (χ0) is 21.6. The number of carbonyl (C=O) groups is 1. The molecule has 2 aliphatic heterocycles. The van der Waals surface area contributed by atoms with Crippen molar-refractivity contribution in [2.45, 2.75) is 38.3 Å².